The Kier molecular flexibility index (Phi) is 5.38. The van der Waals surface area contributed by atoms with Gasteiger partial charge in [0.05, 0.1) is 11.8 Å². The van der Waals surface area contributed by atoms with E-state index >= 15 is 0 Å². The zero-order valence-electron chi connectivity index (χ0n) is 17.6. The molecule has 1 N–H and O–H groups in total. The molecule has 1 aromatic carbocycles. The van der Waals surface area contributed by atoms with E-state index in [1.165, 1.54) is 0 Å². The summed E-state index contributed by atoms with van der Waals surface area (Å²) >= 11 is 0. The number of carbonyl (C=O) groups excluding carboxylic acids is 4. The van der Waals surface area contributed by atoms with Crippen LogP contribution in [0.25, 0.3) is 0 Å². The molecule has 0 unspecified atom stereocenters. The summed E-state index contributed by atoms with van der Waals surface area (Å²) in [5.41, 5.74) is 1.61. The standard InChI is InChI=1S/C23H28N2O5/c1-12(2)20(23(29)30-11-17(26)24-16-6-4-5-13(3)9-16)25-21(27)18-14-7-8-15(10-14)19(18)22(25)28/h4-6,9,12,14-15,18-20H,7-8,10-11H2,1-3H3,(H,24,26)/t14-,15+,18-,19-,20+/m0/s1. The maximum atomic E-state index is 13.1. The van der Waals surface area contributed by atoms with Crippen LogP contribution in [-0.2, 0) is 23.9 Å². The number of hydrogen-bond donors (Lipinski definition) is 1. The van der Waals surface area contributed by atoms with Crippen LogP contribution in [0.15, 0.2) is 24.3 Å². The van der Waals surface area contributed by atoms with E-state index in [-0.39, 0.29) is 41.4 Å². The molecule has 3 fully saturated rings. The molecule has 3 aliphatic rings. The lowest BCUT2D eigenvalue weighted by Crippen LogP contribution is -2.50. The van der Waals surface area contributed by atoms with Gasteiger partial charge in [0.15, 0.2) is 6.61 Å². The molecule has 5 atom stereocenters. The largest absolute Gasteiger partial charge is 0.454 e. The summed E-state index contributed by atoms with van der Waals surface area (Å²) in [7, 11) is 0. The quantitative estimate of drug-likeness (QED) is 0.573. The Balaban J connectivity index is 1.42. The molecule has 7 nitrogen and oxygen atoms in total. The van der Waals surface area contributed by atoms with Crippen molar-refractivity contribution in [2.24, 2.45) is 29.6 Å². The number of benzene rings is 1. The van der Waals surface area contributed by atoms with Crippen LogP contribution in [0, 0.1) is 36.5 Å². The van der Waals surface area contributed by atoms with Gasteiger partial charge in [-0.1, -0.05) is 26.0 Å². The van der Waals surface area contributed by atoms with Gasteiger partial charge in [-0.3, -0.25) is 19.3 Å². The molecule has 3 amide bonds. The van der Waals surface area contributed by atoms with E-state index in [4.69, 9.17) is 4.74 Å². The first-order valence-electron chi connectivity index (χ1n) is 10.7. The van der Waals surface area contributed by atoms with Crippen LogP contribution >= 0.6 is 0 Å². The first-order valence-corrected chi connectivity index (χ1v) is 10.7. The molecule has 1 saturated heterocycles. The average Bonchev–Trinajstić information content (AvgIpc) is 3.36. The number of fused-ring (bicyclic) bond motifs is 5. The number of esters is 1. The van der Waals surface area contributed by atoms with Gasteiger partial charge in [-0.25, -0.2) is 4.79 Å². The van der Waals surface area contributed by atoms with Gasteiger partial charge in [0.2, 0.25) is 11.8 Å². The molecular weight excluding hydrogens is 384 g/mol. The number of nitrogens with one attached hydrogen (secondary N) is 1. The van der Waals surface area contributed by atoms with Crippen LogP contribution in [-0.4, -0.2) is 41.2 Å². The first kappa shape index (κ1) is 20.6. The van der Waals surface area contributed by atoms with Crippen molar-refractivity contribution in [2.45, 2.75) is 46.1 Å². The molecule has 2 aliphatic carbocycles. The summed E-state index contributed by atoms with van der Waals surface area (Å²) < 4.78 is 5.23. The molecule has 0 spiro atoms. The molecule has 0 aromatic heterocycles. The van der Waals surface area contributed by atoms with Gasteiger partial charge in [0.25, 0.3) is 5.91 Å². The monoisotopic (exact) mass is 412 g/mol. The van der Waals surface area contributed by atoms with Crippen LogP contribution in [0.3, 0.4) is 0 Å². The Hall–Kier alpha value is -2.70. The Labute approximate surface area is 176 Å². The number of anilines is 1. The van der Waals surface area contributed by atoms with Crippen LogP contribution in [0.2, 0.25) is 0 Å². The molecule has 2 saturated carbocycles. The van der Waals surface area contributed by atoms with Gasteiger partial charge in [-0.05, 0) is 61.6 Å². The summed E-state index contributed by atoms with van der Waals surface area (Å²) in [5, 5.41) is 2.68. The Morgan fingerprint density at radius 2 is 1.77 bits per heavy atom. The fraction of sp³-hybridized carbons (Fsp3) is 0.565. The van der Waals surface area contributed by atoms with Crippen molar-refractivity contribution in [1.82, 2.24) is 4.90 Å². The molecule has 30 heavy (non-hydrogen) atoms. The third kappa shape index (κ3) is 3.50. The Bertz CT molecular complexity index is 867. The van der Waals surface area contributed by atoms with E-state index in [2.05, 4.69) is 5.32 Å². The summed E-state index contributed by atoms with van der Waals surface area (Å²) in [6.07, 6.45) is 2.90. The van der Waals surface area contributed by atoms with Crippen molar-refractivity contribution >= 4 is 29.4 Å². The summed E-state index contributed by atoms with van der Waals surface area (Å²) in [6.45, 7) is 5.00. The predicted octanol–water partition coefficient (Wildman–Crippen LogP) is 2.53. The van der Waals surface area contributed by atoms with Gasteiger partial charge in [0, 0.05) is 5.69 Å². The van der Waals surface area contributed by atoms with E-state index in [0.29, 0.717) is 5.69 Å². The fourth-order valence-corrected chi connectivity index (χ4v) is 5.52. The number of ether oxygens (including phenoxy) is 1. The lowest BCUT2D eigenvalue weighted by atomic mass is 9.81. The smallest absolute Gasteiger partial charge is 0.330 e. The number of amides is 3. The number of likely N-dealkylation sites (tertiary alicyclic amines) is 1. The third-order valence-electron chi connectivity index (χ3n) is 6.76. The first-order chi connectivity index (χ1) is 14.3. The zero-order valence-corrected chi connectivity index (χ0v) is 17.6. The number of aryl methyl sites for hydroxylation is 1. The molecule has 2 bridgehead atoms. The summed E-state index contributed by atoms with van der Waals surface area (Å²) in [6, 6.07) is 6.29. The Morgan fingerprint density at radius 3 is 2.33 bits per heavy atom. The van der Waals surface area contributed by atoms with E-state index in [1.807, 2.05) is 25.1 Å². The van der Waals surface area contributed by atoms with Gasteiger partial charge in [-0.15, -0.1) is 0 Å². The average molecular weight is 412 g/mol. The minimum atomic E-state index is -0.998. The second kappa shape index (κ2) is 7.85. The number of hydrogen-bond acceptors (Lipinski definition) is 5. The van der Waals surface area contributed by atoms with E-state index < -0.39 is 24.5 Å². The van der Waals surface area contributed by atoms with E-state index in [9.17, 15) is 19.2 Å². The third-order valence-corrected chi connectivity index (χ3v) is 6.76. The zero-order chi connectivity index (χ0) is 21.6. The maximum absolute atomic E-state index is 13.1. The SMILES string of the molecule is Cc1cccc(NC(=O)COC(=O)[C@@H](C(C)C)N2C(=O)[C@H]3[C@@H]4CC[C@@H](C4)[C@@H]3C2=O)c1. The number of rotatable bonds is 6. The van der Waals surface area contributed by atoms with Gasteiger partial charge >= 0.3 is 5.97 Å². The van der Waals surface area contributed by atoms with Crippen molar-refractivity contribution in [3.63, 3.8) is 0 Å². The summed E-state index contributed by atoms with van der Waals surface area (Å²) in [4.78, 5) is 52.3. The summed E-state index contributed by atoms with van der Waals surface area (Å²) in [5.74, 6) is -2.01. The molecule has 4 rings (SSSR count). The van der Waals surface area contributed by atoms with Gasteiger partial charge in [-0.2, -0.15) is 0 Å². The van der Waals surface area contributed by atoms with Crippen LogP contribution in [0.4, 0.5) is 5.69 Å². The molecular formula is C23H28N2O5. The van der Waals surface area contributed by atoms with Crippen molar-refractivity contribution in [3.8, 4) is 0 Å². The number of nitrogens with zero attached hydrogens (tertiary/aromatic N) is 1. The highest BCUT2D eigenvalue weighted by Crippen LogP contribution is 2.56. The van der Waals surface area contributed by atoms with Gasteiger partial charge < -0.3 is 10.1 Å². The highest BCUT2D eigenvalue weighted by molar-refractivity contribution is 6.08. The number of imide groups is 1. The lowest BCUT2D eigenvalue weighted by Gasteiger charge is -2.28. The molecule has 0 radical (unpaired) electrons. The number of carbonyl (C=O) groups is 4. The lowest BCUT2D eigenvalue weighted by molar-refractivity contribution is -0.162. The minimum absolute atomic E-state index is 0.239. The molecule has 1 heterocycles. The normalized spacial score (nSPS) is 28.1. The second-order valence-corrected chi connectivity index (χ2v) is 9.15. The maximum Gasteiger partial charge on any atom is 0.330 e. The second-order valence-electron chi connectivity index (χ2n) is 9.15. The molecule has 160 valence electrons. The van der Waals surface area contributed by atoms with Crippen LogP contribution < -0.4 is 5.32 Å². The molecule has 1 aliphatic heterocycles. The van der Waals surface area contributed by atoms with Gasteiger partial charge in [0.1, 0.15) is 6.04 Å². The van der Waals surface area contributed by atoms with E-state index in [1.54, 1.807) is 19.9 Å². The highest BCUT2D eigenvalue weighted by Gasteiger charge is 2.62. The molecule has 7 heteroatoms. The topological polar surface area (TPSA) is 92.8 Å². The fourth-order valence-electron chi connectivity index (χ4n) is 5.52. The predicted molar refractivity (Wildman–Crippen MR) is 109 cm³/mol. The minimum Gasteiger partial charge on any atom is -0.454 e. The van der Waals surface area contributed by atoms with Crippen molar-refractivity contribution in [2.75, 3.05) is 11.9 Å². The van der Waals surface area contributed by atoms with Crippen molar-refractivity contribution < 1.29 is 23.9 Å². The highest BCUT2D eigenvalue weighted by atomic mass is 16.5. The van der Waals surface area contributed by atoms with E-state index in [0.717, 1.165) is 29.7 Å². The van der Waals surface area contributed by atoms with Crippen molar-refractivity contribution in [1.29, 1.82) is 0 Å². The van der Waals surface area contributed by atoms with Crippen molar-refractivity contribution in [3.05, 3.63) is 29.8 Å². The molecule has 1 aromatic rings. The van der Waals surface area contributed by atoms with Crippen LogP contribution in [0.5, 0.6) is 0 Å². The van der Waals surface area contributed by atoms with Crippen LogP contribution in [0.1, 0.15) is 38.7 Å². The Morgan fingerprint density at radius 1 is 1.13 bits per heavy atom.